The van der Waals surface area contributed by atoms with E-state index in [0.29, 0.717) is 25.6 Å². The molecule has 1 aromatic rings. The van der Waals surface area contributed by atoms with Gasteiger partial charge in [-0.25, -0.2) is 4.98 Å². The highest BCUT2D eigenvalue weighted by atomic mass is 16.5. The summed E-state index contributed by atoms with van der Waals surface area (Å²) in [6.07, 6.45) is 4.43. The maximum Gasteiger partial charge on any atom is 0.225 e. The summed E-state index contributed by atoms with van der Waals surface area (Å²) >= 11 is 0. The van der Waals surface area contributed by atoms with Gasteiger partial charge in [0.05, 0.1) is 6.54 Å². The highest BCUT2D eigenvalue weighted by molar-refractivity contribution is 5.79. The number of aryl methyl sites for hydroxylation is 1. The van der Waals surface area contributed by atoms with Gasteiger partial charge in [-0.05, 0) is 25.3 Å². The second-order valence-corrected chi connectivity index (χ2v) is 5.87. The number of pyridine rings is 1. The zero-order chi connectivity index (χ0) is 14.7. The third kappa shape index (κ3) is 3.53. The Kier molecular flexibility index (Phi) is 4.39. The molecule has 0 N–H and O–H groups in total. The maximum atomic E-state index is 12.4. The van der Waals surface area contributed by atoms with E-state index in [1.165, 1.54) is 0 Å². The number of carbonyl (C=O) groups excluding carboxylic acids is 1. The number of likely N-dealkylation sites (tertiary alicyclic amines) is 1. The molecular weight excluding hydrogens is 268 g/mol. The molecule has 0 radical (unpaired) electrons. The van der Waals surface area contributed by atoms with Gasteiger partial charge in [0.2, 0.25) is 11.8 Å². The van der Waals surface area contributed by atoms with E-state index in [2.05, 4.69) is 4.98 Å². The molecule has 0 saturated carbocycles. The number of hydrogen-bond acceptors (Lipinski definition) is 4. The Morgan fingerprint density at radius 2 is 2.14 bits per heavy atom. The smallest absolute Gasteiger partial charge is 0.225 e. The van der Waals surface area contributed by atoms with E-state index < -0.39 is 0 Å². The Balaban J connectivity index is 1.52. The van der Waals surface area contributed by atoms with Crippen molar-refractivity contribution in [2.75, 3.05) is 26.3 Å². The topological polar surface area (TPSA) is 51.7 Å². The van der Waals surface area contributed by atoms with Crippen molar-refractivity contribution in [3.63, 3.8) is 0 Å². The second kappa shape index (κ2) is 6.43. The minimum atomic E-state index is 0.0593. The normalized spacial score (nSPS) is 23.3. The summed E-state index contributed by atoms with van der Waals surface area (Å²) in [7, 11) is 0. The molecule has 2 aliphatic rings. The summed E-state index contributed by atoms with van der Waals surface area (Å²) in [6, 6.07) is 3.88. The van der Waals surface area contributed by atoms with Crippen LogP contribution in [-0.2, 0) is 9.53 Å². The van der Waals surface area contributed by atoms with Gasteiger partial charge in [-0.2, -0.15) is 0 Å². The third-order valence-electron chi connectivity index (χ3n) is 4.20. The Bertz CT molecular complexity index is 483. The first-order chi connectivity index (χ1) is 10.2. The highest BCUT2D eigenvalue weighted by Crippen LogP contribution is 2.22. The van der Waals surface area contributed by atoms with Crippen molar-refractivity contribution >= 4 is 5.91 Å². The molecule has 0 aliphatic carbocycles. The molecule has 3 heterocycles. The minimum absolute atomic E-state index is 0.0593. The molecular formula is C16H22N2O3. The summed E-state index contributed by atoms with van der Waals surface area (Å²) in [6.45, 7) is 4.87. The average Bonchev–Trinajstić information content (AvgIpc) is 2.98. The van der Waals surface area contributed by atoms with E-state index >= 15 is 0 Å². The number of rotatable bonds is 3. The van der Waals surface area contributed by atoms with Crippen LogP contribution in [0.25, 0.3) is 0 Å². The van der Waals surface area contributed by atoms with Gasteiger partial charge in [0.15, 0.2) is 0 Å². The lowest BCUT2D eigenvalue weighted by atomic mass is 9.99. The predicted molar refractivity (Wildman–Crippen MR) is 78.1 cm³/mol. The molecule has 5 nitrogen and oxygen atoms in total. The van der Waals surface area contributed by atoms with Crippen molar-refractivity contribution in [2.45, 2.75) is 32.3 Å². The van der Waals surface area contributed by atoms with Crippen LogP contribution in [0.1, 0.15) is 24.8 Å². The molecule has 3 rings (SSSR count). The monoisotopic (exact) mass is 290 g/mol. The first-order valence-corrected chi connectivity index (χ1v) is 7.68. The van der Waals surface area contributed by atoms with Crippen LogP contribution >= 0.6 is 0 Å². The van der Waals surface area contributed by atoms with Crippen molar-refractivity contribution in [3.8, 4) is 5.88 Å². The van der Waals surface area contributed by atoms with E-state index in [4.69, 9.17) is 9.47 Å². The lowest BCUT2D eigenvalue weighted by molar-refractivity contribution is -0.137. The molecule has 1 aromatic heterocycles. The van der Waals surface area contributed by atoms with Gasteiger partial charge in [0.25, 0.3) is 0 Å². The number of hydrogen-bond donors (Lipinski definition) is 0. The molecule has 2 aliphatic heterocycles. The van der Waals surface area contributed by atoms with Crippen LogP contribution < -0.4 is 4.74 Å². The van der Waals surface area contributed by atoms with Crippen LogP contribution in [0.15, 0.2) is 18.3 Å². The van der Waals surface area contributed by atoms with E-state index in [-0.39, 0.29) is 17.9 Å². The zero-order valence-corrected chi connectivity index (χ0v) is 12.5. The molecule has 0 spiro atoms. The first kappa shape index (κ1) is 14.3. The highest BCUT2D eigenvalue weighted by Gasteiger charge is 2.32. The number of aromatic nitrogens is 1. The Morgan fingerprint density at radius 3 is 2.86 bits per heavy atom. The minimum Gasteiger partial charge on any atom is -0.472 e. The summed E-state index contributed by atoms with van der Waals surface area (Å²) in [5, 5.41) is 0. The lowest BCUT2D eigenvalue weighted by Crippen LogP contribution is -2.38. The lowest BCUT2D eigenvalue weighted by Gasteiger charge is -2.26. The molecule has 1 amide bonds. The molecule has 21 heavy (non-hydrogen) atoms. The SMILES string of the molecule is Cc1ccc(O[C@@H]2CCN(C(=O)C3CCOCC3)C2)nc1. The van der Waals surface area contributed by atoms with Gasteiger partial charge in [0, 0.05) is 44.4 Å². The van der Waals surface area contributed by atoms with Crippen molar-refractivity contribution < 1.29 is 14.3 Å². The third-order valence-corrected chi connectivity index (χ3v) is 4.20. The van der Waals surface area contributed by atoms with Gasteiger partial charge in [0.1, 0.15) is 6.10 Å². The quantitative estimate of drug-likeness (QED) is 0.852. The van der Waals surface area contributed by atoms with Gasteiger partial charge >= 0.3 is 0 Å². The summed E-state index contributed by atoms with van der Waals surface area (Å²) in [5.74, 6) is 1.04. The van der Waals surface area contributed by atoms with Crippen LogP contribution in [0.5, 0.6) is 5.88 Å². The van der Waals surface area contributed by atoms with Crippen molar-refractivity contribution in [2.24, 2.45) is 5.92 Å². The Morgan fingerprint density at radius 1 is 1.33 bits per heavy atom. The van der Waals surface area contributed by atoms with Crippen LogP contribution in [0.3, 0.4) is 0 Å². The maximum absolute atomic E-state index is 12.4. The number of amides is 1. The largest absolute Gasteiger partial charge is 0.472 e. The number of nitrogens with zero attached hydrogens (tertiary/aromatic N) is 2. The molecule has 1 atom stereocenters. The fourth-order valence-corrected chi connectivity index (χ4v) is 2.92. The summed E-state index contributed by atoms with van der Waals surface area (Å²) in [4.78, 5) is 18.6. The first-order valence-electron chi connectivity index (χ1n) is 7.68. The van der Waals surface area contributed by atoms with Crippen molar-refractivity contribution in [3.05, 3.63) is 23.9 Å². The number of ether oxygens (including phenoxy) is 2. The van der Waals surface area contributed by atoms with Crippen molar-refractivity contribution in [1.82, 2.24) is 9.88 Å². The van der Waals surface area contributed by atoms with Gasteiger partial charge in [-0.3, -0.25) is 4.79 Å². The second-order valence-electron chi connectivity index (χ2n) is 5.87. The van der Waals surface area contributed by atoms with Crippen LogP contribution in [0.4, 0.5) is 0 Å². The summed E-state index contributed by atoms with van der Waals surface area (Å²) < 4.78 is 11.2. The summed E-state index contributed by atoms with van der Waals surface area (Å²) in [5.41, 5.74) is 1.12. The molecule has 114 valence electrons. The van der Waals surface area contributed by atoms with Crippen molar-refractivity contribution in [1.29, 1.82) is 0 Å². The molecule has 5 heteroatoms. The fraction of sp³-hybridized carbons (Fsp3) is 0.625. The molecule has 2 saturated heterocycles. The van der Waals surface area contributed by atoms with Gasteiger partial charge in [-0.1, -0.05) is 6.07 Å². The van der Waals surface area contributed by atoms with E-state index in [0.717, 1.165) is 31.4 Å². The fourth-order valence-electron chi connectivity index (χ4n) is 2.92. The van der Waals surface area contributed by atoms with Crippen LogP contribution in [0.2, 0.25) is 0 Å². The molecule has 0 unspecified atom stereocenters. The van der Waals surface area contributed by atoms with Gasteiger partial charge < -0.3 is 14.4 Å². The average molecular weight is 290 g/mol. The zero-order valence-electron chi connectivity index (χ0n) is 12.5. The predicted octanol–water partition coefficient (Wildman–Crippen LogP) is 1.80. The van der Waals surface area contributed by atoms with E-state index in [9.17, 15) is 4.79 Å². The van der Waals surface area contributed by atoms with E-state index in [1.807, 2.05) is 24.0 Å². The molecule has 0 bridgehead atoms. The Labute approximate surface area is 125 Å². The molecule has 0 aromatic carbocycles. The van der Waals surface area contributed by atoms with Crippen LogP contribution in [0, 0.1) is 12.8 Å². The van der Waals surface area contributed by atoms with E-state index in [1.54, 1.807) is 6.20 Å². The molecule has 2 fully saturated rings. The van der Waals surface area contributed by atoms with Crippen LogP contribution in [-0.4, -0.2) is 48.2 Å². The number of carbonyl (C=O) groups is 1. The van der Waals surface area contributed by atoms with Gasteiger partial charge in [-0.15, -0.1) is 0 Å². The Hall–Kier alpha value is -1.62. The standard InChI is InChI=1S/C16H22N2O3/c1-12-2-3-15(17-10-12)21-14-4-7-18(11-14)16(19)13-5-8-20-9-6-13/h2-3,10,13-14H,4-9,11H2,1H3/t14-/m1/s1.